The van der Waals surface area contributed by atoms with E-state index in [2.05, 4.69) is 9.43 Å². The quantitative estimate of drug-likeness (QED) is 0.518. The van der Waals surface area contributed by atoms with Crippen LogP contribution >= 0.6 is 0 Å². The average Bonchev–Trinajstić information content (AvgIpc) is 2.46. The number of hydrogen-bond donors (Lipinski definition) is 1. The Morgan fingerprint density at radius 2 is 1.90 bits per heavy atom. The Balaban J connectivity index is 2.73. The molecular formula is C13H15N5O2S. The Labute approximate surface area is 122 Å². The molecule has 0 saturated carbocycles. The van der Waals surface area contributed by atoms with Gasteiger partial charge in [-0.3, -0.25) is 0 Å². The van der Waals surface area contributed by atoms with Crippen molar-refractivity contribution in [1.29, 1.82) is 0 Å². The average molecular weight is 305 g/mol. The van der Waals surface area contributed by atoms with Crippen LogP contribution in [0.2, 0.25) is 0 Å². The molecule has 0 unspecified atom stereocenters. The zero-order valence-electron chi connectivity index (χ0n) is 11.5. The second kappa shape index (κ2) is 6.01. The van der Waals surface area contributed by atoms with Crippen molar-refractivity contribution < 1.29 is 8.42 Å². The van der Waals surface area contributed by atoms with Gasteiger partial charge in [0, 0.05) is 46.0 Å². The smallest absolute Gasteiger partial charge is 0.264 e. The van der Waals surface area contributed by atoms with Crippen LogP contribution in [-0.4, -0.2) is 28.6 Å². The molecule has 0 aliphatic carbocycles. The van der Waals surface area contributed by atoms with E-state index in [9.17, 15) is 8.42 Å². The van der Waals surface area contributed by atoms with Crippen molar-refractivity contribution in [2.45, 2.75) is 4.90 Å². The third-order valence-corrected chi connectivity index (χ3v) is 4.36. The minimum atomic E-state index is -4.03. The molecule has 0 aliphatic heterocycles. The maximum absolute atomic E-state index is 12.0. The minimum absolute atomic E-state index is 0.000739. The van der Waals surface area contributed by atoms with Crippen LogP contribution < -0.4 is 10.6 Å². The second-order valence-electron chi connectivity index (χ2n) is 4.48. The van der Waals surface area contributed by atoms with E-state index in [-0.39, 0.29) is 4.90 Å². The van der Waals surface area contributed by atoms with Gasteiger partial charge in [-0.25, -0.2) is 8.42 Å². The van der Waals surface area contributed by atoms with Gasteiger partial charge in [0.05, 0.1) is 4.90 Å². The molecule has 2 aromatic carbocycles. The Bertz CT molecular complexity index is 812. The summed E-state index contributed by atoms with van der Waals surface area (Å²) in [7, 11) is -2.14. The molecule has 0 aliphatic rings. The first-order chi connectivity index (χ1) is 10.0. The van der Waals surface area contributed by atoms with Crippen LogP contribution in [0.25, 0.3) is 21.2 Å². The van der Waals surface area contributed by atoms with E-state index < -0.39 is 10.0 Å². The molecule has 2 N–H and O–H groups in total. The molecule has 0 amide bonds. The van der Waals surface area contributed by atoms with Crippen LogP contribution in [0.15, 0.2) is 45.8 Å². The normalized spacial score (nSPS) is 11.1. The summed E-state index contributed by atoms with van der Waals surface area (Å²) < 4.78 is 26.9. The third kappa shape index (κ3) is 2.92. The maximum Gasteiger partial charge on any atom is 0.264 e. The van der Waals surface area contributed by atoms with Gasteiger partial charge in [0.2, 0.25) is 0 Å². The number of anilines is 1. The van der Waals surface area contributed by atoms with E-state index >= 15 is 0 Å². The standard InChI is InChI=1S/C13H15N5O2S/c1-18(9-8-14)12-6-2-5-11-10(12)4-3-7-13(11)21(19,20)17-16-15/h2-7H,8-9,14H2,1H3. The van der Waals surface area contributed by atoms with E-state index in [0.29, 0.717) is 18.5 Å². The monoisotopic (exact) mass is 305 g/mol. The summed E-state index contributed by atoms with van der Waals surface area (Å²) >= 11 is 0. The molecular weight excluding hydrogens is 290 g/mol. The molecule has 0 bridgehead atoms. The van der Waals surface area contributed by atoms with Crippen LogP contribution in [0.3, 0.4) is 0 Å². The first kappa shape index (κ1) is 15.1. The van der Waals surface area contributed by atoms with Gasteiger partial charge in [-0.05, 0) is 17.7 Å². The van der Waals surface area contributed by atoms with Crippen LogP contribution in [0.5, 0.6) is 0 Å². The Morgan fingerprint density at radius 1 is 1.24 bits per heavy atom. The van der Waals surface area contributed by atoms with Crippen molar-refractivity contribution in [3.05, 3.63) is 46.8 Å². The zero-order valence-corrected chi connectivity index (χ0v) is 12.3. The number of fused-ring (bicyclic) bond motifs is 1. The van der Waals surface area contributed by atoms with Crippen molar-refractivity contribution in [1.82, 2.24) is 0 Å². The van der Waals surface area contributed by atoms with Gasteiger partial charge < -0.3 is 10.6 Å². The molecule has 0 saturated heterocycles. The van der Waals surface area contributed by atoms with E-state index in [0.717, 1.165) is 11.1 Å². The van der Waals surface area contributed by atoms with Crippen molar-refractivity contribution in [2.24, 2.45) is 10.3 Å². The van der Waals surface area contributed by atoms with Gasteiger partial charge >= 0.3 is 0 Å². The van der Waals surface area contributed by atoms with Gasteiger partial charge in [-0.2, -0.15) is 0 Å². The molecule has 7 nitrogen and oxygen atoms in total. The summed E-state index contributed by atoms with van der Waals surface area (Å²) in [5.41, 5.74) is 14.8. The predicted molar refractivity (Wildman–Crippen MR) is 82.6 cm³/mol. The molecule has 2 aromatic rings. The van der Waals surface area contributed by atoms with E-state index in [4.69, 9.17) is 11.3 Å². The molecule has 21 heavy (non-hydrogen) atoms. The van der Waals surface area contributed by atoms with Crippen molar-refractivity contribution >= 4 is 26.5 Å². The fraction of sp³-hybridized carbons (Fsp3) is 0.231. The number of hydrogen-bond acceptors (Lipinski definition) is 4. The lowest BCUT2D eigenvalue weighted by Gasteiger charge is -2.20. The molecule has 0 aromatic heterocycles. The van der Waals surface area contributed by atoms with Crippen LogP contribution in [0.1, 0.15) is 0 Å². The number of likely N-dealkylation sites (N-methyl/N-ethyl adjacent to an activating group) is 1. The van der Waals surface area contributed by atoms with Crippen LogP contribution in [0, 0.1) is 0 Å². The summed E-state index contributed by atoms with van der Waals surface area (Å²) in [6.45, 7) is 1.13. The summed E-state index contributed by atoms with van der Waals surface area (Å²) in [6, 6.07) is 10.2. The number of benzene rings is 2. The van der Waals surface area contributed by atoms with Gasteiger partial charge in [0.25, 0.3) is 10.0 Å². The van der Waals surface area contributed by atoms with Crippen LogP contribution in [-0.2, 0) is 10.0 Å². The van der Waals surface area contributed by atoms with E-state index in [1.165, 1.54) is 6.07 Å². The largest absolute Gasteiger partial charge is 0.373 e. The minimum Gasteiger partial charge on any atom is -0.373 e. The molecule has 0 heterocycles. The third-order valence-electron chi connectivity index (χ3n) is 3.16. The fourth-order valence-corrected chi connectivity index (χ4v) is 3.12. The molecule has 0 spiro atoms. The highest BCUT2D eigenvalue weighted by Crippen LogP contribution is 2.31. The van der Waals surface area contributed by atoms with E-state index in [1.54, 1.807) is 18.2 Å². The van der Waals surface area contributed by atoms with Gasteiger partial charge in [-0.1, -0.05) is 24.3 Å². The first-order valence-corrected chi connectivity index (χ1v) is 7.69. The van der Waals surface area contributed by atoms with Gasteiger partial charge in [-0.15, -0.1) is 0 Å². The SMILES string of the molecule is CN(CCN)c1cccc2c(S(=O)(=O)N=[N+]=[N-])cccc12. The maximum atomic E-state index is 12.0. The highest BCUT2D eigenvalue weighted by atomic mass is 32.2. The lowest BCUT2D eigenvalue weighted by Crippen LogP contribution is -2.25. The number of rotatable bonds is 5. The molecule has 0 fully saturated rings. The topological polar surface area (TPSA) is 112 Å². The lowest BCUT2D eigenvalue weighted by molar-refractivity contribution is 0.598. The van der Waals surface area contributed by atoms with Crippen molar-refractivity contribution in [3.8, 4) is 0 Å². The summed E-state index contributed by atoms with van der Waals surface area (Å²) in [4.78, 5) is 4.34. The second-order valence-corrected chi connectivity index (χ2v) is 6.04. The number of azide groups is 1. The highest BCUT2D eigenvalue weighted by Gasteiger charge is 2.17. The number of nitrogens with zero attached hydrogens (tertiary/aromatic N) is 4. The molecule has 8 heteroatoms. The molecule has 0 atom stereocenters. The Hall–Kier alpha value is -2.28. The summed E-state index contributed by atoms with van der Waals surface area (Å²) in [6.07, 6.45) is 0. The fourth-order valence-electron chi connectivity index (χ4n) is 2.23. The first-order valence-electron chi connectivity index (χ1n) is 6.25. The summed E-state index contributed by atoms with van der Waals surface area (Å²) in [5.74, 6) is 0. The van der Waals surface area contributed by atoms with Crippen molar-refractivity contribution in [2.75, 3.05) is 25.0 Å². The zero-order chi connectivity index (χ0) is 15.5. The molecule has 110 valence electrons. The van der Waals surface area contributed by atoms with Gasteiger partial charge in [0.1, 0.15) is 0 Å². The predicted octanol–water partition coefficient (Wildman–Crippen LogP) is 2.23. The van der Waals surface area contributed by atoms with E-state index in [1.807, 2.05) is 24.1 Å². The number of sulfonamides is 1. The molecule has 2 rings (SSSR count). The number of nitrogens with two attached hydrogens (primary N) is 1. The summed E-state index contributed by atoms with van der Waals surface area (Å²) in [5, 5.41) is 1.29. The molecule has 0 radical (unpaired) electrons. The van der Waals surface area contributed by atoms with Crippen molar-refractivity contribution in [3.63, 3.8) is 0 Å². The highest BCUT2D eigenvalue weighted by molar-refractivity contribution is 7.90. The van der Waals surface area contributed by atoms with Crippen LogP contribution in [0.4, 0.5) is 5.69 Å². The van der Waals surface area contributed by atoms with Gasteiger partial charge in [0.15, 0.2) is 0 Å². The Morgan fingerprint density at radius 3 is 2.57 bits per heavy atom. The Kier molecular flexibility index (Phi) is 4.32. The lowest BCUT2D eigenvalue weighted by atomic mass is 10.1.